The van der Waals surface area contributed by atoms with Crippen molar-refractivity contribution >= 4 is 51.4 Å². The number of thiophene rings is 1. The fourth-order valence-corrected chi connectivity index (χ4v) is 4.26. The van der Waals surface area contributed by atoms with E-state index in [0.717, 1.165) is 11.1 Å². The van der Waals surface area contributed by atoms with Gasteiger partial charge in [0.15, 0.2) is 0 Å². The number of aliphatic carboxylic acids is 1. The minimum Gasteiger partial charge on any atom is -0.481 e. The smallest absolute Gasteiger partial charge is 0.307 e. The fraction of sp³-hybridized carbons (Fsp3) is 0.286. The third-order valence-electron chi connectivity index (χ3n) is 5.17. The summed E-state index contributed by atoms with van der Waals surface area (Å²) in [6.07, 6.45) is 0.750. The second-order valence-corrected chi connectivity index (χ2v) is 8.49. The average molecular weight is 433 g/mol. The van der Waals surface area contributed by atoms with Gasteiger partial charge in [0, 0.05) is 10.7 Å². The van der Waals surface area contributed by atoms with Gasteiger partial charge in [-0.2, -0.15) is 0 Å². The van der Waals surface area contributed by atoms with Crippen LogP contribution in [0.25, 0.3) is 0 Å². The molecule has 0 saturated carbocycles. The molecule has 0 bridgehead atoms. The normalized spacial score (nSPS) is 19.0. The van der Waals surface area contributed by atoms with Crippen LogP contribution in [0, 0.1) is 11.8 Å². The van der Waals surface area contributed by atoms with Gasteiger partial charge < -0.3 is 15.7 Å². The molecule has 0 spiro atoms. The third kappa shape index (κ3) is 4.86. The molecule has 0 unspecified atom stereocenters. The molecular weight excluding hydrogens is 412 g/mol. The monoisotopic (exact) mass is 432 g/mol. The highest BCUT2D eigenvalue weighted by Gasteiger charge is 2.37. The molecule has 29 heavy (non-hydrogen) atoms. The summed E-state index contributed by atoms with van der Waals surface area (Å²) in [6, 6.07) is 8.32. The summed E-state index contributed by atoms with van der Waals surface area (Å²) in [5, 5.41) is 17.7. The lowest BCUT2D eigenvalue weighted by molar-refractivity contribution is -0.146. The Morgan fingerprint density at radius 1 is 1.00 bits per heavy atom. The van der Waals surface area contributed by atoms with Crippen LogP contribution in [0.5, 0.6) is 0 Å². The Kier molecular flexibility index (Phi) is 6.39. The van der Waals surface area contributed by atoms with Gasteiger partial charge in [0.25, 0.3) is 5.91 Å². The van der Waals surface area contributed by atoms with Gasteiger partial charge in [0.2, 0.25) is 5.91 Å². The molecule has 0 saturated heterocycles. The number of halogens is 1. The fourth-order valence-electron chi connectivity index (χ4n) is 3.35. The average Bonchev–Trinajstić information content (AvgIpc) is 3.13. The Morgan fingerprint density at radius 2 is 1.62 bits per heavy atom. The molecule has 2 amide bonds. The molecule has 2 atom stereocenters. The first-order valence-corrected chi connectivity index (χ1v) is 10.4. The molecule has 1 aromatic carbocycles. The maximum absolute atomic E-state index is 12.9. The zero-order valence-corrected chi connectivity index (χ0v) is 17.6. The molecule has 152 valence electrons. The second-order valence-electron chi connectivity index (χ2n) is 7.13. The number of hydrogen-bond acceptors (Lipinski definition) is 4. The number of anilines is 2. The van der Waals surface area contributed by atoms with Crippen LogP contribution < -0.4 is 10.6 Å². The van der Waals surface area contributed by atoms with Gasteiger partial charge >= 0.3 is 5.97 Å². The first-order valence-electron chi connectivity index (χ1n) is 9.09. The zero-order chi connectivity index (χ0) is 21.1. The van der Waals surface area contributed by atoms with Gasteiger partial charge in [-0.3, -0.25) is 14.4 Å². The minimum absolute atomic E-state index is 0.324. The summed E-state index contributed by atoms with van der Waals surface area (Å²) in [6.45, 7) is 3.82. The maximum Gasteiger partial charge on any atom is 0.307 e. The second kappa shape index (κ2) is 8.80. The number of nitrogens with one attached hydrogen (secondary N) is 2. The Morgan fingerprint density at radius 3 is 2.24 bits per heavy atom. The molecule has 0 aliphatic heterocycles. The van der Waals surface area contributed by atoms with Gasteiger partial charge in [0.1, 0.15) is 5.00 Å². The van der Waals surface area contributed by atoms with E-state index in [1.807, 2.05) is 13.8 Å². The number of rotatable bonds is 5. The molecule has 6 nitrogen and oxygen atoms in total. The number of allylic oxidation sites excluding steroid dienone is 2. The van der Waals surface area contributed by atoms with Crippen LogP contribution in [0.1, 0.15) is 37.0 Å². The minimum atomic E-state index is -0.983. The van der Waals surface area contributed by atoms with Crippen molar-refractivity contribution in [3.05, 3.63) is 57.4 Å². The van der Waals surface area contributed by atoms with Crippen LogP contribution in [0.2, 0.25) is 5.02 Å². The number of benzene rings is 1. The molecule has 1 aliphatic carbocycles. The number of carbonyl (C=O) groups excluding carboxylic acids is 2. The van der Waals surface area contributed by atoms with E-state index in [9.17, 15) is 19.5 Å². The van der Waals surface area contributed by atoms with Crippen LogP contribution in [0.4, 0.5) is 10.7 Å². The summed E-state index contributed by atoms with van der Waals surface area (Å²) >= 11 is 7.07. The molecule has 1 aromatic heterocycles. The zero-order valence-electron chi connectivity index (χ0n) is 16.0. The lowest BCUT2D eigenvalue weighted by Crippen LogP contribution is -2.36. The van der Waals surface area contributed by atoms with Gasteiger partial charge in [-0.25, -0.2) is 0 Å². The Balaban J connectivity index is 1.75. The van der Waals surface area contributed by atoms with Gasteiger partial charge in [-0.1, -0.05) is 22.7 Å². The summed E-state index contributed by atoms with van der Waals surface area (Å²) in [4.78, 5) is 37.1. The van der Waals surface area contributed by atoms with Crippen molar-refractivity contribution in [1.29, 1.82) is 0 Å². The van der Waals surface area contributed by atoms with Crippen molar-refractivity contribution < 1.29 is 19.5 Å². The summed E-state index contributed by atoms with van der Waals surface area (Å²) in [7, 11) is 0. The van der Waals surface area contributed by atoms with Gasteiger partial charge in [-0.05, 0) is 62.4 Å². The predicted molar refractivity (Wildman–Crippen MR) is 115 cm³/mol. The van der Waals surface area contributed by atoms with Crippen LogP contribution >= 0.6 is 22.9 Å². The topological polar surface area (TPSA) is 95.5 Å². The van der Waals surface area contributed by atoms with Gasteiger partial charge in [-0.15, -0.1) is 11.3 Å². The number of hydrogen-bond donors (Lipinski definition) is 3. The number of carboxylic acid groups (broad SMARTS) is 1. The van der Waals surface area contributed by atoms with Crippen molar-refractivity contribution in [3.63, 3.8) is 0 Å². The van der Waals surface area contributed by atoms with E-state index in [-0.39, 0.29) is 11.8 Å². The first kappa shape index (κ1) is 21.1. The highest BCUT2D eigenvalue weighted by atomic mass is 35.5. The molecule has 0 fully saturated rings. The number of carbonyl (C=O) groups is 3. The van der Waals surface area contributed by atoms with E-state index in [4.69, 9.17) is 11.6 Å². The molecular formula is C21H21ClN2O4S. The van der Waals surface area contributed by atoms with E-state index < -0.39 is 17.8 Å². The van der Waals surface area contributed by atoms with E-state index in [0.29, 0.717) is 34.1 Å². The third-order valence-corrected chi connectivity index (χ3v) is 6.25. The Labute approximate surface area is 177 Å². The lowest BCUT2D eigenvalue weighted by atomic mass is 9.76. The predicted octanol–water partition coefficient (Wildman–Crippen LogP) is 5.04. The molecule has 1 aliphatic rings. The lowest BCUT2D eigenvalue weighted by Gasteiger charge is -2.29. The molecule has 1 heterocycles. The Hall–Kier alpha value is -2.64. The number of carboxylic acids is 1. The van der Waals surface area contributed by atoms with Crippen LogP contribution in [-0.4, -0.2) is 22.9 Å². The molecule has 0 radical (unpaired) electrons. The highest BCUT2D eigenvalue weighted by Crippen LogP contribution is 2.36. The SMILES string of the molecule is CC1=C(C)C[C@@H](C(=O)Nc2sccc2C(=O)Nc2ccc(Cl)cc2)[C@H](C(=O)O)C1. The first-order chi connectivity index (χ1) is 13.8. The van der Waals surface area contributed by atoms with Crippen LogP contribution in [0.3, 0.4) is 0 Å². The molecule has 2 aromatic rings. The molecule has 3 rings (SSSR count). The van der Waals surface area contributed by atoms with Crippen molar-refractivity contribution in [2.24, 2.45) is 11.8 Å². The van der Waals surface area contributed by atoms with Gasteiger partial charge in [0.05, 0.1) is 17.4 Å². The van der Waals surface area contributed by atoms with E-state index in [1.54, 1.807) is 35.7 Å². The van der Waals surface area contributed by atoms with E-state index in [1.165, 1.54) is 11.3 Å². The summed E-state index contributed by atoms with van der Waals surface area (Å²) < 4.78 is 0. The highest BCUT2D eigenvalue weighted by molar-refractivity contribution is 7.14. The van der Waals surface area contributed by atoms with Crippen LogP contribution in [-0.2, 0) is 9.59 Å². The van der Waals surface area contributed by atoms with Crippen molar-refractivity contribution in [1.82, 2.24) is 0 Å². The van der Waals surface area contributed by atoms with E-state index in [2.05, 4.69) is 10.6 Å². The Bertz CT molecular complexity index is 981. The largest absolute Gasteiger partial charge is 0.481 e. The molecule has 3 N–H and O–H groups in total. The molecule has 8 heteroatoms. The van der Waals surface area contributed by atoms with Crippen molar-refractivity contribution in [2.75, 3.05) is 10.6 Å². The van der Waals surface area contributed by atoms with Crippen molar-refractivity contribution in [3.8, 4) is 0 Å². The quantitative estimate of drug-likeness (QED) is 0.577. The van der Waals surface area contributed by atoms with E-state index >= 15 is 0 Å². The summed E-state index contributed by atoms with van der Waals surface area (Å²) in [5.74, 6) is -3.18. The van der Waals surface area contributed by atoms with Crippen LogP contribution in [0.15, 0.2) is 46.9 Å². The standard InChI is InChI=1S/C21H21ClN2O4S/c1-11-9-16(17(21(27)28)10-12(11)2)19(26)24-20-15(7-8-29-20)18(25)23-14-5-3-13(22)4-6-14/h3-8,16-17H,9-10H2,1-2H3,(H,23,25)(H,24,26)(H,27,28)/t16-,17-/m1/s1. The maximum atomic E-state index is 12.9. The number of amides is 2. The summed E-state index contributed by atoms with van der Waals surface area (Å²) in [5.41, 5.74) is 2.96. The van der Waals surface area contributed by atoms with Crippen molar-refractivity contribution in [2.45, 2.75) is 26.7 Å².